The summed E-state index contributed by atoms with van der Waals surface area (Å²) >= 11 is 0. The first-order chi connectivity index (χ1) is 9.02. The number of esters is 1. The van der Waals surface area contributed by atoms with E-state index in [1.54, 1.807) is 6.92 Å². The molecular formula is C12H21NO5S. The first-order valence-corrected chi connectivity index (χ1v) is 7.86. The van der Waals surface area contributed by atoms with E-state index in [0.717, 1.165) is 4.31 Å². The minimum Gasteiger partial charge on any atom is -0.465 e. The van der Waals surface area contributed by atoms with Crippen LogP contribution >= 0.6 is 0 Å². The van der Waals surface area contributed by atoms with Gasteiger partial charge in [0, 0.05) is 19.8 Å². The fraction of sp³-hybridized carbons (Fsp3) is 0.750. The zero-order valence-electron chi connectivity index (χ0n) is 11.2. The summed E-state index contributed by atoms with van der Waals surface area (Å²) in [6, 6.07) is 0. The molecule has 0 spiro atoms. The van der Waals surface area contributed by atoms with Crippen LogP contribution in [0.15, 0.2) is 12.7 Å². The molecule has 110 valence electrons. The lowest BCUT2D eigenvalue weighted by Crippen LogP contribution is -2.44. The van der Waals surface area contributed by atoms with Crippen LogP contribution < -0.4 is 0 Å². The summed E-state index contributed by atoms with van der Waals surface area (Å²) in [5, 5.41) is -0.490. The molecule has 1 heterocycles. The molecule has 6 nitrogen and oxygen atoms in total. The van der Waals surface area contributed by atoms with Crippen LogP contribution in [-0.2, 0) is 24.3 Å². The average Bonchev–Trinajstić information content (AvgIpc) is 2.39. The van der Waals surface area contributed by atoms with E-state index in [9.17, 15) is 13.2 Å². The molecule has 0 atom stereocenters. The minimum atomic E-state index is -3.52. The van der Waals surface area contributed by atoms with Crippen molar-refractivity contribution in [3.05, 3.63) is 12.7 Å². The maximum Gasteiger partial charge on any atom is 0.321 e. The number of carbonyl (C=O) groups is 1. The summed E-state index contributed by atoms with van der Waals surface area (Å²) in [6.07, 6.45) is 2.38. The molecule has 0 aromatic rings. The molecule has 0 aromatic heterocycles. The predicted octanol–water partition coefficient (Wildman–Crippen LogP) is 0.546. The van der Waals surface area contributed by atoms with Gasteiger partial charge in [-0.05, 0) is 19.8 Å². The monoisotopic (exact) mass is 291 g/mol. The van der Waals surface area contributed by atoms with Crippen LogP contribution in [0.25, 0.3) is 0 Å². The zero-order chi connectivity index (χ0) is 14.3. The quantitative estimate of drug-likeness (QED) is 0.506. The van der Waals surface area contributed by atoms with Crippen LogP contribution in [0.4, 0.5) is 0 Å². The number of sulfonamides is 1. The zero-order valence-corrected chi connectivity index (χ0v) is 12.0. The molecule has 0 bridgehead atoms. The van der Waals surface area contributed by atoms with Crippen LogP contribution in [0.1, 0.15) is 19.8 Å². The molecule has 1 rings (SSSR count). The molecule has 1 saturated heterocycles. The SMILES string of the molecule is C=CCN(CC(=O)OCC)S(=O)(=O)C1CCOCC1. The molecule has 0 radical (unpaired) electrons. The minimum absolute atomic E-state index is 0.110. The Morgan fingerprint density at radius 3 is 2.63 bits per heavy atom. The van der Waals surface area contributed by atoms with E-state index in [4.69, 9.17) is 9.47 Å². The van der Waals surface area contributed by atoms with Crippen LogP contribution in [0.3, 0.4) is 0 Å². The molecule has 1 aliphatic rings. The maximum absolute atomic E-state index is 12.4. The summed E-state index contributed by atoms with van der Waals surface area (Å²) in [5.41, 5.74) is 0. The number of ether oxygens (including phenoxy) is 2. The molecule has 7 heteroatoms. The third kappa shape index (κ3) is 4.59. The largest absolute Gasteiger partial charge is 0.465 e. The highest BCUT2D eigenvalue weighted by Gasteiger charge is 2.34. The molecule has 0 unspecified atom stereocenters. The van der Waals surface area contributed by atoms with Gasteiger partial charge in [0.1, 0.15) is 6.54 Å². The first-order valence-electron chi connectivity index (χ1n) is 6.35. The lowest BCUT2D eigenvalue weighted by Gasteiger charge is -2.28. The lowest BCUT2D eigenvalue weighted by atomic mass is 10.2. The number of nitrogens with zero attached hydrogens (tertiary/aromatic N) is 1. The van der Waals surface area contributed by atoms with Gasteiger partial charge in [-0.3, -0.25) is 4.79 Å². The van der Waals surface area contributed by atoms with Crippen molar-refractivity contribution in [2.24, 2.45) is 0 Å². The van der Waals surface area contributed by atoms with Crippen molar-refractivity contribution in [1.82, 2.24) is 4.31 Å². The number of hydrogen-bond donors (Lipinski definition) is 0. The molecule has 0 aliphatic carbocycles. The summed E-state index contributed by atoms with van der Waals surface area (Å²) in [6.45, 7) is 6.16. The summed E-state index contributed by atoms with van der Waals surface area (Å²) < 4.78 is 36.0. The Morgan fingerprint density at radius 1 is 1.47 bits per heavy atom. The van der Waals surface area contributed by atoms with Gasteiger partial charge in [-0.2, -0.15) is 4.31 Å². The van der Waals surface area contributed by atoms with Crippen molar-refractivity contribution in [3.63, 3.8) is 0 Å². The lowest BCUT2D eigenvalue weighted by molar-refractivity contribution is -0.143. The highest BCUT2D eigenvalue weighted by molar-refractivity contribution is 7.89. The fourth-order valence-corrected chi connectivity index (χ4v) is 3.75. The summed E-state index contributed by atoms with van der Waals surface area (Å²) in [5.74, 6) is -0.542. The van der Waals surface area contributed by atoms with Crippen LogP contribution in [0.2, 0.25) is 0 Å². The van der Waals surface area contributed by atoms with E-state index in [2.05, 4.69) is 6.58 Å². The highest BCUT2D eigenvalue weighted by atomic mass is 32.2. The van der Waals surface area contributed by atoms with Crippen molar-refractivity contribution in [1.29, 1.82) is 0 Å². The van der Waals surface area contributed by atoms with E-state index in [1.165, 1.54) is 6.08 Å². The molecule has 0 N–H and O–H groups in total. The van der Waals surface area contributed by atoms with Gasteiger partial charge in [-0.25, -0.2) is 8.42 Å². The van der Waals surface area contributed by atoms with Gasteiger partial charge < -0.3 is 9.47 Å². The van der Waals surface area contributed by atoms with Gasteiger partial charge in [0.25, 0.3) is 0 Å². The second kappa shape index (κ2) is 7.62. The van der Waals surface area contributed by atoms with Gasteiger partial charge >= 0.3 is 5.97 Å². The smallest absolute Gasteiger partial charge is 0.321 e. The van der Waals surface area contributed by atoms with Crippen molar-refractivity contribution in [2.45, 2.75) is 25.0 Å². The molecule has 0 saturated carbocycles. The van der Waals surface area contributed by atoms with Crippen molar-refractivity contribution >= 4 is 16.0 Å². The second-order valence-electron chi connectivity index (χ2n) is 4.24. The Labute approximate surface area is 114 Å². The maximum atomic E-state index is 12.4. The molecule has 1 aliphatic heterocycles. The Balaban J connectivity index is 2.77. The normalized spacial score (nSPS) is 17.4. The summed E-state index contributed by atoms with van der Waals surface area (Å²) in [7, 11) is -3.52. The Kier molecular flexibility index (Phi) is 6.47. The number of carbonyl (C=O) groups excluding carboxylic acids is 1. The number of hydrogen-bond acceptors (Lipinski definition) is 5. The van der Waals surface area contributed by atoms with E-state index < -0.39 is 21.2 Å². The van der Waals surface area contributed by atoms with Crippen molar-refractivity contribution in [3.8, 4) is 0 Å². The molecule has 1 fully saturated rings. The molecule has 19 heavy (non-hydrogen) atoms. The fourth-order valence-electron chi connectivity index (χ4n) is 1.94. The van der Waals surface area contributed by atoms with E-state index in [-0.39, 0.29) is 19.7 Å². The topological polar surface area (TPSA) is 72.9 Å². The second-order valence-corrected chi connectivity index (χ2v) is 6.46. The highest BCUT2D eigenvalue weighted by Crippen LogP contribution is 2.19. The molecule has 0 amide bonds. The Hall–Kier alpha value is -0.920. The number of rotatable bonds is 7. The van der Waals surface area contributed by atoms with Crippen LogP contribution in [0, 0.1) is 0 Å². The van der Waals surface area contributed by atoms with Gasteiger partial charge in [-0.15, -0.1) is 6.58 Å². The van der Waals surface area contributed by atoms with Gasteiger partial charge in [-0.1, -0.05) is 6.08 Å². The first kappa shape index (κ1) is 16.1. The molecular weight excluding hydrogens is 270 g/mol. The summed E-state index contributed by atoms with van der Waals surface area (Å²) in [4.78, 5) is 11.5. The predicted molar refractivity (Wildman–Crippen MR) is 71.2 cm³/mol. The van der Waals surface area contributed by atoms with E-state index in [1.807, 2.05) is 0 Å². The third-order valence-corrected chi connectivity index (χ3v) is 5.20. The van der Waals surface area contributed by atoms with E-state index in [0.29, 0.717) is 26.1 Å². The van der Waals surface area contributed by atoms with Crippen LogP contribution in [0.5, 0.6) is 0 Å². The standard InChI is InChI=1S/C12H21NO5S/c1-3-7-13(10-12(14)18-4-2)19(15,16)11-5-8-17-9-6-11/h3,11H,1,4-10H2,2H3. The van der Waals surface area contributed by atoms with E-state index >= 15 is 0 Å². The van der Waals surface area contributed by atoms with Crippen molar-refractivity contribution < 1.29 is 22.7 Å². The third-order valence-electron chi connectivity index (χ3n) is 2.89. The average molecular weight is 291 g/mol. The van der Waals surface area contributed by atoms with Crippen molar-refractivity contribution in [2.75, 3.05) is 32.9 Å². The Morgan fingerprint density at radius 2 is 2.11 bits per heavy atom. The Bertz CT molecular complexity index is 400. The van der Waals surface area contributed by atoms with Gasteiger partial charge in [0.05, 0.1) is 11.9 Å². The van der Waals surface area contributed by atoms with Gasteiger partial charge in [0.15, 0.2) is 0 Å². The van der Waals surface area contributed by atoms with Gasteiger partial charge in [0.2, 0.25) is 10.0 Å². The molecule has 0 aromatic carbocycles. The van der Waals surface area contributed by atoms with Crippen LogP contribution in [-0.4, -0.2) is 56.9 Å².